The van der Waals surface area contributed by atoms with E-state index in [1.807, 2.05) is 19.1 Å². The van der Waals surface area contributed by atoms with E-state index >= 15 is 0 Å². The van der Waals surface area contributed by atoms with E-state index in [2.05, 4.69) is 15.3 Å². The first-order valence-corrected chi connectivity index (χ1v) is 8.72. The molecule has 0 fully saturated rings. The van der Waals surface area contributed by atoms with E-state index in [1.165, 1.54) is 6.33 Å². The number of nitrogens with one attached hydrogen (secondary N) is 1. The van der Waals surface area contributed by atoms with Crippen LogP contribution in [0.4, 0.5) is 17.2 Å². The summed E-state index contributed by atoms with van der Waals surface area (Å²) in [5.41, 5.74) is 1.09. The Morgan fingerprint density at radius 1 is 1.15 bits per heavy atom. The molecule has 0 aliphatic heterocycles. The lowest BCUT2D eigenvalue weighted by atomic mass is 10.2. The van der Waals surface area contributed by atoms with Gasteiger partial charge in [-0.2, -0.15) is 4.98 Å². The van der Waals surface area contributed by atoms with Gasteiger partial charge in [0, 0.05) is 0 Å². The van der Waals surface area contributed by atoms with Crippen molar-refractivity contribution in [1.29, 1.82) is 0 Å². The van der Waals surface area contributed by atoms with Crippen molar-refractivity contribution < 1.29 is 9.66 Å². The molecule has 138 valence electrons. The van der Waals surface area contributed by atoms with Crippen molar-refractivity contribution in [2.24, 2.45) is 0 Å². The zero-order valence-corrected chi connectivity index (χ0v) is 15.7. The van der Waals surface area contributed by atoms with E-state index in [1.54, 1.807) is 30.3 Å². The van der Waals surface area contributed by atoms with Gasteiger partial charge in [0.15, 0.2) is 0 Å². The van der Waals surface area contributed by atoms with Crippen LogP contribution in [0.5, 0.6) is 11.6 Å². The van der Waals surface area contributed by atoms with Gasteiger partial charge >= 0.3 is 11.6 Å². The number of hydrogen-bond acceptors (Lipinski definition) is 6. The zero-order chi connectivity index (χ0) is 19.4. The van der Waals surface area contributed by atoms with Crippen LogP contribution >= 0.6 is 23.2 Å². The molecule has 7 nitrogen and oxygen atoms in total. The minimum atomic E-state index is -0.615. The number of benzene rings is 2. The van der Waals surface area contributed by atoms with Crippen molar-refractivity contribution in [1.82, 2.24) is 9.97 Å². The predicted octanol–water partition coefficient (Wildman–Crippen LogP) is 5.79. The summed E-state index contributed by atoms with van der Waals surface area (Å²) in [6, 6.07) is 12.1. The summed E-state index contributed by atoms with van der Waals surface area (Å²) in [4.78, 5) is 18.9. The van der Waals surface area contributed by atoms with Crippen LogP contribution < -0.4 is 10.1 Å². The second-order valence-electron chi connectivity index (χ2n) is 5.46. The first-order chi connectivity index (χ1) is 13.0. The summed E-state index contributed by atoms with van der Waals surface area (Å²) in [6.07, 6.45) is 2.05. The number of ether oxygens (including phenoxy) is 1. The molecule has 0 radical (unpaired) electrons. The second kappa shape index (κ2) is 8.20. The highest BCUT2D eigenvalue weighted by molar-refractivity contribution is 6.43. The number of nitro groups is 1. The molecule has 1 N–H and O–H groups in total. The van der Waals surface area contributed by atoms with E-state index in [0.717, 1.165) is 12.0 Å². The number of aryl methyl sites for hydroxylation is 1. The van der Waals surface area contributed by atoms with Crippen molar-refractivity contribution >= 4 is 40.4 Å². The van der Waals surface area contributed by atoms with E-state index in [9.17, 15) is 10.1 Å². The molecule has 0 saturated heterocycles. The Morgan fingerprint density at radius 2 is 1.89 bits per heavy atom. The number of aromatic nitrogens is 2. The topological polar surface area (TPSA) is 90.2 Å². The van der Waals surface area contributed by atoms with Crippen LogP contribution in [0.2, 0.25) is 10.0 Å². The highest BCUT2D eigenvalue weighted by Gasteiger charge is 2.26. The second-order valence-corrected chi connectivity index (χ2v) is 6.24. The molecule has 27 heavy (non-hydrogen) atoms. The lowest BCUT2D eigenvalue weighted by molar-refractivity contribution is -0.385. The van der Waals surface area contributed by atoms with Crippen LogP contribution in [0.1, 0.15) is 12.5 Å². The molecule has 0 saturated carbocycles. The summed E-state index contributed by atoms with van der Waals surface area (Å²) in [6.45, 7) is 2.03. The summed E-state index contributed by atoms with van der Waals surface area (Å²) in [7, 11) is 0. The fraction of sp³-hybridized carbons (Fsp3) is 0.111. The monoisotopic (exact) mass is 404 g/mol. The first-order valence-electron chi connectivity index (χ1n) is 7.96. The first kappa shape index (κ1) is 18.9. The average Bonchev–Trinajstić information content (AvgIpc) is 2.66. The van der Waals surface area contributed by atoms with E-state index in [-0.39, 0.29) is 16.7 Å². The Morgan fingerprint density at radius 3 is 2.56 bits per heavy atom. The van der Waals surface area contributed by atoms with E-state index in [4.69, 9.17) is 27.9 Å². The van der Waals surface area contributed by atoms with Crippen molar-refractivity contribution in [2.75, 3.05) is 5.32 Å². The smallest absolute Gasteiger partial charge is 0.373 e. The van der Waals surface area contributed by atoms with Crippen molar-refractivity contribution in [2.45, 2.75) is 13.3 Å². The van der Waals surface area contributed by atoms with Gasteiger partial charge in [-0.05, 0) is 36.2 Å². The molecule has 3 aromatic rings. The Balaban J connectivity index is 1.97. The summed E-state index contributed by atoms with van der Waals surface area (Å²) in [5, 5.41) is 15.0. The number of nitrogens with zero attached hydrogens (tertiary/aromatic N) is 3. The zero-order valence-electron chi connectivity index (χ0n) is 14.1. The third-order valence-corrected chi connectivity index (χ3v) is 4.54. The van der Waals surface area contributed by atoms with Crippen LogP contribution in [-0.4, -0.2) is 14.9 Å². The maximum absolute atomic E-state index is 11.6. The van der Waals surface area contributed by atoms with E-state index in [0.29, 0.717) is 16.5 Å². The number of hydrogen-bond donors (Lipinski definition) is 1. The van der Waals surface area contributed by atoms with Crippen LogP contribution in [0.3, 0.4) is 0 Å². The van der Waals surface area contributed by atoms with Crippen LogP contribution in [0.25, 0.3) is 0 Å². The lowest BCUT2D eigenvalue weighted by Crippen LogP contribution is -2.04. The molecular formula is C18H14Cl2N4O3. The normalized spacial score (nSPS) is 10.5. The lowest BCUT2D eigenvalue weighted by Gasteiger charge is -2.11. The van der Waals surface area contributed by atoms with Gasteiger partial charge in [-0.1, -0.05) is 48.3 Å². The highest BCUT2D eigenvalue weighted by Crippen LogP contribution is 2.38. The fourth-order valence-electron chi connectivity index (χ4n) is 2.33. The maximum Gasteiger partial charge on any atom is 0.373 e. The Labute approximate surface area is 165 Å². The van der Waals surface area contributed by atoms with Gasteiger partial charge in [-0.25, -0.2) is 4.98 Å². The molecule has 0 aliphatic rings. The largest absolute Gasteiger partial charge is 0.434 e. The summed E-state index contributed by atoms with van der Waals surface area (Å²) < 4.78 is 5.61. The molecule has 1 heterocycles. The third kappa shape index (κ3) is 4.27. The fourth-order valence-corrected chi connectivity index (χ4v) is 2.67. The molecule has 9 heteroatoms. The molecule has 0 aliphatic carbocycles. The van der Waals surface area contributed by atoms with Crippen LogP contribution in [0.15, 0.2) is 48.8 Å². The molecule has 0 spiro atoms. The minimum absolute atomic E-state index is 0.0562. The summed E-state index contributed by atoms with van der Waals surface area (Å²) >= 11 is 12.1. The van der Waals surface area contributed by atoms with Crippen LogP contribution in [-0.2, 0) is 6.42 Å². The minimum Gasteiger partial charge on any atom is -0.434 e. The maximum atomic E-state index is 11.6. The molecule has 0 bridgehead atoms. The SMILES string of the molecule is CCc1ccc(Oc2ncnc(Nc3cccc(Cl)c3Cl)c2[N+](=O)[O-])cc1. The Bertz CT molecular complexity index is 981. The average molecular weight is 405 g/mol. The standard InChI is InChI=1S/C18H14Cl2N4O3/c1-2-11-6-8-12(9-7-11)27-18-16(24(25)26)17(21-10-22-18)23-14-5-3-4-13(19)15(14)20/h3-10H,2H2,1H3,(H,21,22,23). The van der Waals surface area contributed by atoms with Gasteiger partial charge in [0.1, 0.15) is 12.1 Å². The van der Waals surface area contributed by atoms with Gasteiger partial charge in [-0.3, -0.25) is 10.1 Å². The van der Waals surface area contributed by atoms with Gasteiger partial charge < -0.3 is 10.1 Å². The number of rotatable bonds is 6. The molecule has 0 atom stereocenters. The quantitative estimate of drug-likeness (QED) is 0.412. The highest BCUT2D eigenvalue weighted by atomic mass is 35.5. The predicted molar refractivity (Wildman–Crippen MR) is 104 cm³/mol. The molecule has 3 rings (SSSR count). The van der Waals surface area contributed by atoms with Crippen molar-refractivity contribution in [3.8, 4) is 11.6 Å². The molecular weight excluding hydrogens is 391 g/mol. The Kier molecular flexibility index (Phi) is 5.73. The van der Waals surface area contributed by atoms with Gasteiger partial charge in [-0.15, -0.1) is 0 Å². The molecule has 0 unspecified atom stereocenters. The van der Waals surface area contributed by atoms with Crippen molar-refractivity contribution in [3.05, 3.63) is 74.5 Å². The third-order valence-electron chi connectivity index (χ3n) is 3.72. The molecule has 0 amide bonds. The molecule has 1 aromatic heterocycles. The number of anilines is 2. The van der Waals surface area contributed by atoms with Gasteiger partial charge in [0.25, 0.3) is 0 Å². The summed E-state index contributed by atoms with van der Waals surface area (Å²) in [5.74, 6) is 0.194. The Hall–Kier alpha value is -2.90. The number of halogens is 2. The van der Waals surface area contributed by atoms with E-state index < -0.39 is 10.6 Å². The van der Waals surface area contributed by atoms with Gasteiger partial charge in [0.2, 0.25) is 5.82 Å². The van der Waals surface area contributed by atoms with Gasteiger partial charge in [0.05, 0.1) is 20.7 Å². The van der Waals surface area contributed by atoms with Crippen LogP contribution in [0, 0.1) is 10.1 Å². The molecule has 2 aromatic carbocycles. The van der Waals surface area contributed by atoms with Crippen molar-refractivity contribution in [3.63, 3.8) is 0 Å².